The van der Waals surface area contributed by atoms with Crippen LogP contribution >= 0.6 is 0 Å². The van der Waals surface area contributed by atoms with Crippen molar-refractivity contribution >= 4 is 12.1 Å². The van der Waals surface area contributed by atoms with Crippen LogP contribution in [0.15, 0.2) is 12.1 Å². The molecule has 1 N–H and O–H groups in total. The first kappa shape index (κ1) is 22.5. The lowest BCUT2D eigenvalue weighted by Gasteiger charge is -2.28. The number of ether oxygens (including phenoxy) is 3. The highest BCUT2D eigenvalue weighted by atomic mass is 16.6. The molecule has 7 nitrogen and oxygen atoms in total. The Morgan fingerprint density at radius 3 is 2.48 bits per heavy atom. The molecule has 29 heavy (non-hydrogen) atoms. The van der Waals surface area contributed by atoms with E-state index in [4.69, 9.17) is 14.2 Å². The van der Waals surface area contributed by atoms with Gasteiger partial charge in [0.15, 0.2) is 0 Å². The van der Waals surface area contributed by atoms with E-state index in [2.05, 4.69) is 11.4 Å². The third-order valence-electron chi connectivity index (χ3n) is 4.41. The van der Waals surface area contributed by atoms with Crippen LogP contribution in [-0.4, -0.2) is 36.4 Å². The number of nitriles is 1. The summed E-state index contributed by atoms with van der Waals surface area (Å²) in [7, 11) is 0. The quantitative estimate of drug-likeness (QED) is 0.731. The van der Waals surface area contributed by atoms with Gasteiger partial charge in [0.25, 0.3) is 0 Å². The lowest BCUT2D eigenvalue weighted by atomic mass is 10.0. The van der Waals surface area contributed by atoms with Gasteiger partial charge in [0, 0.05) is 0 Å². The zero-order chi connectivity index (χ0) is 21.8. The van der Waals surface area contributed by atoms with Crippen LogP contribution in [-0.2, 0) is 27.1 Å². The van der Waals surface area contributed by atoms with E-state index in [9.17, 15) is 14.9 Å². The minimum Gasteiger partial charge on any atom is -0.491 e. The number of amides is 1. The summed E-state index contributed by atoms with van der Waals surface area (Å²) >= 11 is 0. The van der Waals surface area contributed by atoms with Crippen molar-refractivity contribution in [2.45, 2.75) is 65.5 Å². The van der Waals surface area contributed by atoms with Gasteiger partial charge >= 0.3 is 12.1 Å². The first-order valence-electron chi connectivity index (χ1n) is 9.80. The number of rotatable bonds is 6. The molecule has 1 aliphatic carbocycles. The lowest BCUT2D eigenvalue weighted by molar-refractivity contribution is -0.147. The Morgan fingerprint density at radius 1 is 1.21 bits per heavy atom. The van der Waals surface area contributed by atoms with Crippen LogP contribution in [0.3, 0.4) is 0 Å². The number of carbonyl (C=O) groups is 2. The van der Waals surface area contributed by atoms with Crippen LogP contribution in [0.5, 0.6) is 5.75 Å². The molecule has 0 radical (unpaired) electrons. The van der Waals surface area contributed by atoms with Gasteiger partial charge in [-0.1, -0.05) is 0 Å². The second-order valence-electron chi connectivity index (χ2n) is 8.88. The van der Waals surface area contributed by atoms with E-state index in [1.54, 1.807) is 33.8 Å². The molecular weight excluding hydrogens is 372 g/mol. The molecule has 1 aromatic rings. The summed E-state index contributed by atoms with van der Waals surface area (Å²) in [6.45, 7) is 11.4. The highest BCUT2D eigenvalue weighted by molar-refractivity contribution is 5.75. The summed E-state index contributed by atoms with van der Waals surface area (Å²) in [4.78, 5) is 24.1. The van der Waals surface area contributed by atoms with E-state index in [0.29, 0.717) is 30.8 Å². The minimum absolute atomic E-state index is 0.192. The smallest absolute Gasteiger partial charge is 0.408 e. The average Bonchev–Trinajstić information content (AvgIpc) is 3.01. The van der Waals surface area contributed by atoms with E-state index in [1.165, 1.54) is 0 Å². The Balaban J connectivity index is 2.06. The maximum atomic E-state index is 12.1. The van der Waals surface area contributed by atoms with Gasteiger partial charge in [-0.05, 0) is 77.6 Å². The molecule has 0 bridgehead atoms. The molecule has 7 heteroatoms. The molecule has 0 aliphatic heterocycles. The Labute approximate surface area is 172 Å². The number of carbonyl (C=O) groups excluding carboxylic acids is 2. The summed E-state index contributed by atoms with van der Waals surface area (Å²) in [6, 6.07) is 5.73. The molecule has 1 aliphatic rings. The molecule has 0 fully saturated rings. The number of benzene rings is 1. The van der Waals surface area contributed by atoms with Crippen molar-refractivity contribution in [2.75, 3.05) is 13.2 Å². The topological polar surface area (TPSA) is 97.7 Å². The van der Waals surface area contributed by atoms with Crippen LogP contribution in [0, 0.1) is 17.2 Å². The molecule has 0 saturated carbocycles. The van der Waals surface area contributed by atoms with Gasteiger partial charge in [0.05, 0.1) is 29.7 Å². The minimum atomic E-state index is -0.679. The van der Waals surface area contributed by atoms with E-state index >= 15 is 0 Å². The highest BCUT2D eigenvalue weighted by Gasteiger charge is 2.31. The molecule has 1 unspecified atom stereocenters. The third-order valence-corrected chi connectivity index (χ3v) is 4.41. The molecular formula is C22H30N2O5. The van der Waals surface area contributed by atoms with Gasteiger partial charge < -0.3 is 19.5 Å². The van der Waals surface area contributed by atoms with Crippen LogP contribution in [0.2, 0.25) is 0 Å². The largest absolute Gasteiger partial charge is 0.491 e. The number of fused-ring (bicyclic) bond motifs is 1. The number of nitrogens with one attached hydrogen (secondary N) is 1. The summed E-state index contributed by atoms with van der Waals surface area (Å²) < 4.78 is 16.3. The number of hydrogen-bond donors (Lipinski definition) is 1. The van der Waals surface area contributed by atoms with Crippen LogP contribution in [0.1, 0.15) is 58.2 Å². The van der Waals surface area contributed by atoms with Crippen molar-refractivity contribution in [3.8, 4) is 11.8 Å². The zero-order valence-electron chi connectivity index (χ0n) is 18.0. The summed E-state index contributed by atoms with van der Waals surface area (Å²) in [5, 5.41) is 12.3. The standard InChI is InChI=1S/C22H30N2O5/c1-7-27-19(25)15-8-14-9-17(10-16(12-23)18(14)11-15)28-13-22(5,6)24-20(26)29-21(2,3)4/h9-10,15H,7-8,11,13H2,1-6H3,(H,24,26). The predicted molar refractivity (Wildman–Crippen MR) is 108 cm³/mol. The van der Waals surface area contributed by atoms with Gasteiger partial charge in [0.2, 0.25) is 0 Å². The molecule has 1 aromatic carbocycles. The summed E-state index contributed by atoms with van der Waals surface area (Å²) in [6.07, 6.45) is 0.512. The molecule has 1 amide bonds. The van der Waals surface area contributed by atoms with Gasteiger partial charge in [-0.15, -0.1) is 0 Å². The van der Waals surface area contributed by atoms with E-state index in [1.807, 2.05) is 19.9 Å². The van der Waals surface area contributed by atoms with Gasteiger partial charge in [-0.25, -0.2) is 4.79 Å². The first-order valence-corrected chi connectivity index (χ1v) is 9.80. The third kappa shape index (κ3) is 6.38. The van der Waals surface area contributed by atoms with Gasteiger partial charge in [-0.2, -0.15) is 5.26 Å². The number of nitrogens with zero attached hydrogens (tertiary/aromatic N) is 1. The normalized spacial score (nSPS) is 15.8. The molecule has 158 valence electrons. The fraction of sp³-hybridized carbons (Fsp3) is 0.591. The lowest BCUT2D eigenvalue weighted by Crippen LogP contribution is -2.49. The fourth-order valence-corrected chi connectivity index (χ4v) is 3.20. The van der Waals surface area contributed by atoms with Gasteiger partial charge in [-0.3, -0.25) is 4.79 Å². The maximum Gasteiger partial charge on any atom is 0.408 e. The molecule has 2 rings (SSSR count). The molecule has 0 saturated heterocycles. The molecule has 0 spiro atoms. The summed E-state index contributed by atoms with van der Waals surface area (Å²) in [5.74, 6) is 0.0270. The predicted octanol–water partition coefficient (Wildman–Crippen LogP) is 3.52. The van der Waals surface area contributed by atoms with Gasteiger partial charge in [0.1, 0.15) is 18.0 Å². The van der Waals surface area contributed by atoms with Crippen LogP contribution < -0.4 is 10.1 Å². The van der Waals surface area contributed by atoms with Crippen LogP contribution in [0.4, 0.5) is 4.79 Å². The van der Waals surface area contributed by atoms with Crippen molar-refractivity contribution in [1.29, 1.82) is 5.26 Å². The van der Waals surface area contributed by atoms with Crippen molar-refractivity contribution in [1.82, 2.24) is 5.32 Å². The van der Waals surface area contributed by atoms with E-state index in [-0.39, 0.29) is 18.5 Å². The van der Waals surface area contributed by atoms with Crippen molar-refractivity contribution in [3.05, 3.63) is 28.8 Å². The first-order chi connectivity index (χ1) is 13.4. The average molecular weight is 402 g/mol. The number of hydrogen-bond acceptors (Lipinski definition) is 6. The fourth-order valence-electron chi connectivity index (χ4n) is 3.20. The second kappa shape index (κ2) is 8.73. The number of esters is 1. The Morgan fingerprint density at radius 2 is 1.90 bits per heavy atom. The maximum absolute atomic E-state index is 12.1. The van der Waals surface area contributed by atoms with E-state index < -0.39 is 17.2 Å². The Hall–Kier alpha value is -2.75. The molecule has 0 heterocycles. The van der Waals surface area contributed by atoms with Crippen molar-refractivity contribution in [2.24, 2.45) is 5.92 Å². The molecule has 1 atom stereocenters. The SMILES string of the molecule is CCOC(=O)C1Cc2cc(OCC(C)(C)NC(=O)OC(C)(C)C)cc(C#N)c2C1. The van der Waals surface area contributed by atoms with Crippen LogP contribution in [0.25, 0.3) is 0 Å². The van der Waals surface area contributed by atoms with E-state index in [0.717, 1.165) is 11.1 Å². The highest BCUT2D eigenvalue weighted by Crippen LogP contribution is 2.33. The Bertz CT molecular complexity index is 818. The Kier molecular flexibility index (Phi) is 6.78. The monoisotopic (exact) mass is 402 g/mol. The van der Waals surface area contributed by atoms with Crippen molar-refractivity contribution < 1.29 is 23.8 Å². The number of alkyl carbamates (subject to hydrolysis) is 1. The zero-order valence-corrected chi connectivity index (χ0v) is 18.0. The molecule has 0 aromatic heterocycles. The summed E-state index contributed by atoms with van der Waals surface area (Å²) in [5.41, 5.74) is 1.04. The second-order valence-corrected chi connectivity index (χ2v) is 8.88. The van der Waals surface area contributed by atoms with Crippen molar-refractivity contribution in [3.63, 3.8) is 0 Å².